The molecule has 6 heteroatoms. The Morgan fingerprint density at radius 3 is 2.75 bits per heavy atom. The van der Waals surface area contributed by atoms with E-state index in [2.05, 4.69) is 15.9 Å². The van der Waals surface area contributed by atoms with Crippen LogP contribution in [0.25, 0.3) is 0 Å². The SMILES string of the molecule is CCN(Cc1ccc(Br)s1)C(=O)c1cc(N)cn1CC. The van der Waals surface area contributed by atoms with E-state index in [0.29, 0.717) is 24.5 Å². The lowest BCUT2D eigenvalue weighted by Gasteiger charge is -2.20. The maximum atomic E-state index is 12.6. The molecule has 0 spiro atoms. The van der Waals surface area contributed by atoms with Gasteiger partial charge in [-0.3, -0.25) is 4.79 Å². The predicted octanol–water partition coefficient (Wildman–Crippen LogP) is 3.58. The summed E-state index contributed by atoms with van der Waals surface area (Å²) >= 11 is 5.10. The minimum Gasteiger partial charge on any atom is -0.397 e. The number of hydrogen-bond donors (Lipinski definition) is 1. The van der Waals surface area contributed by atoms with Crippen LogP contribution >= 0.6 is 27.3 Å². The molecule has 0 saturated carbocycles. The Hall–Kier alpha value is -1.27. The van der Waals surface area contributed by atoms with Gasteiger partial charge in [0.25, 0.3) is 5.91 Å². The Kier molecular flexibility index (Phi) is 4.88. The highest BCUT2D eigenvalue weighted by molar-refractivity contribution is 9.11. The predicted molar refractivity (Wildman–Crippen MR) is 87.0 cm³/mol. The summed E-state index contributed by atoms with van der Waals surface area (Å²) in [5.41, 5.74) is 7.08. The first-order valence-corrected chi connectivity index (χ1v) is 8.15. The molecule has 0 aromatic carbocycles. The molecule has 0 unspecified atom stereocenters. The van der Waals surface area contributed by atoms with E-state index in [9.17, 15) is 4.79 Å². The zero-order valence-electron chi connectivity index (χ0n) is 11.6. The van der Waals surface area contributed by atoms with E-state index in [-0.39, 0.29) is 5.91 Å². The number of carbonyl (C=O) groups is 1. The number of halogens is 1. The van der Waals surface area contributed by atoms with Gasteiger partial charge in [0.05, 0.1) is 16.0 Å². The minimum atomic E-state index is 0.0237. The summed E-state index contributed by atoms with van der Waals surface area (Å²) in [6.07, 6.45) is 1.81. The molecule has 20 heavy (non-hydrogen) atoms. The second kappa shape index (κ2) is 6.45. The lowest BCUT2D eigenvalue weighted by molar-refractivity contribution is 0.0743. The molecule has 4 nitrogen and oxygen atoms in total. The lowest BCUT2D eigenvalue weighted by Crippen LogP contribution is -2.31. The van der Waals surface area contributed by atoms with Crippen LogP contribution in [0.5, 0.6) is 0 Å². The summed E-state index contributed by atoms with van der Waals surface area (Å²) in [6.45, 7) is 6.02. The van der Waals surface area contributed by atoms with Crippen LogP contribution in [0.15, 0.2) is 28.2 Å². The number of nitrogen functional groups attached to an aromatic ring is 1. The molecule has 1 amide bonds. The maximum Gasteiger partial charge on any atom is 0.270 e. The van der Waals surface area contributed by atoms with E-state index in [0.717, 1.165) is 15.2 Å². The van der Waals surface area contributed by atoms with Gasteiger partial charge in [0.15, 0.2) is 0 Å². The van der Waals surface area contributed by atoms with E-state index in [1.165, 1.54) is 0 Å². The Morgan fingerprint density at radius 1 is 1.45 bits per heavy atom. The zero-order valence-corrected chi connectivity index (χ0v) is 14.0. The quantitative estimate of drug-likeness (QED) is 0.890. The molecule has 0 saturated heterocycles. The van der Waals surface area contributed by atoms with Gasteiger partial charge in [-0.2, -0.15) is 0 Å². The smallest absolute Gasteiger partial charge is 0.270 e. The highest BCUT2D eigenvalue weighted by Crippen LogP contribution is 2.24. The van der Waals surface area contributed by atoms with Crippen molar-refractivity contribution in [1.29, 1.82) is 0 Å². The molecule has 2 heterocycles. The normalized spacial score (nSPS) is 10.8. The van der Waals surface area contributed by atoms with Gasteiger partial charge in [0.1, 0.15) is 5.69 Å². The van der Waals surface area contributed by atoms with Gasteiger partial charge < -0.3 is 15.2 Å². The molecule has 0 fully saturated rings. The maximum absolute atomic E-state index is 12.6. The topological polar surface area (TPSA) is 51.3 Å². The molecular formula is C14H18BrN3OS. The average Bonchev–Trinajstić information content (AvgIpc) is 3.01. The second-order valence-corrected chi connectivity index (χ2v) is 7.02. The van der Waals surface area contributed by atoms with Gasteiger partial charge in [-0.15, -0.1) is 11.3 Å². The molecule has 0 aliphatic heterocycles. The van der Waals surface area contributed by atoms with E-state index < -0.39 is 0 Å². The van der Waals surface area contributed by atoms with E-state index in [4.69, 9.17) is 5.73 Å². The number of nitrogens with two attached hydrogens (primary N) is 1. The molecule has 2 aromatic heterocycles. The summed E-state index contributed by atoms with van der Waals surface area (Å²) in [7, 11) is 0. The Bertz CT molecular complexity index is 605. The fraction of sp³-hybridized carbons (Fsp3) is 0.357. The van der Waals surface area contributed by atoms with Gasteiger partial charge in [0, 0.05) is 24.2 Å². The zero-order chi connectivity index (χ0) is 14.7. The van der Waals surface area contributed by atoms with Crippen molar-refractivity contribution in [3.05, 3.63) is 38.8 Å². The largest absolute Gasteiger partial charge is 0.397 e. The van der Waals surface area contributed by atoms with Crippen LogP contribution in [0, 0.1) is 0 Å². The van der Waals surface area contributed by atoms with E-state index >= 15 is 0 Å². The molecule has 0 atom stereocenters. The lowest BCUT2D eigenvalue weighted by atomic mass is 10.3. The number of rotatable bonds is 5. The first-order chi connectivity index (χ1) is 9.55. The van der Waals surface area contributed by atoms with Crippen molar-refractivity contribution < 1.29 is 4.79 Å². The highest BCUT2D eigenvalue weighted by Gasteiger charge is 2.19. The van der Waals surface area contributed by atoms with Crippen LogP contribution in [0.3, 0.4) is 0 Å². The standard InChI is InChI=1S/C14H18BrN3OS/c1-3-17-8-10(16)7-12(17)14(19)18(4-2)9-11-5-6-13(15)20-11/h5-8H,3-4,9,16H2,1-2H3. The molecule has 0 radical (unpaired) electrons. The number of carbonyl (C=O) groups excluding carboxylic acids is 1. The Balaban J connectivity index is 2.20. The number of aryl methyl sites for hydroxylation is 1. The summed E-state index contributed by atoms with van der Waals surface area (Å²) < 4.78 is 2.97. The van der Waals surface area contributed by atoms with Crippen LogP contribution in [0.1, 0.15) is 29.2 Å². The molecule has 2 aromatic rings. The molecule has 2 rings (SSSR count). The second-order valence-electron chi connectivity index (χ2n) is 4.47. The molecular weight excluding hydrogens is 338 g/mol. The Labute approximate surface area is 131 Å². The van der Waals surface area contributed by atoms with Gasteiger partial charge in [0.2, 0.25) is 0 Å². The van der Waals surface area contributed by atoms with Crippen LogP contribution in [0.2, 0.25) is 0 Å². The van der Waals surface area contributed by atoms with Crippen molar-refractivity contribution in [3.63, 3.8) is 0 Å². The van der Waals surface area contributed by atoms with Crippen molar-refractivity contribution in [2.75, 3.05) is 12.3 Å². The van der Waals surface area contributed by atoms with Crippen molar-refractivity contribution in [3.8, 4) is 0 Å². The first kappa shape index (κ1) is 15.1. The van der Waals surface area contributed by atoms with Crippen molar-refractivity contribution >= 4 is 38.9 Å². The summed E-state index contributed by atoms with van der Waals surface area (Å²) in [6, 6.07) is 5.79. The van der Waals surface area contributed by atoms with Crippen LogP contribution in [-0.2, 0) is 13.1 Å². The molecule has 0 bridgehead atoms. The third kappa shape index (κ3) is 3.24. The average molecular weight is 356 g/mol. The summed E-state index contributed by atoms with van der Waals surface area (Å²) in [4.78, 5) is 15.6. The monoisotopic (exact) mass is 355 g/mol. The van der Waals surface area contributed by atoms with Crippen LogP contribution < -0.4 is 5.73 Å². The fourth-order valence-electron chi connectivity index (χ4n) is 2.09. The number of thiophene rings is 1. The number of anilines is 1. The van der Waals surface area contributed by atoms with Crippen molar-refractivity contribution in [2.24, 2.45) is 0 Å². The van der Waals surface area contributed by atoms with Gasteiger partial charge in [-0.25, -0.2) is 0 Å². The van der Waals surface area contributed by atoms with Gasteiger partial charge in [-0.1, -0.05) is 0 Å². The third-order valence-corrected chi connectivity index (χ3v) is 4.73. The van der Waals surface area contributed by atoms with Crippen LogP contribution in [-0.4, -0.2) is 21.9 Å². The third-order valence-electron chi connectivity index (χ3n) is 3.12. The van der Waals surface area contributed by atoms with Gasteiger partial charge in [-0.05, 0) is 48.0 Å². The number of aromatic nitrogens is 1. The summed E-state index contributed by atoms with van der Waals surface area (Å²) in [5, 5.41) is 0. The van der Waals surface area contributed by atoms with Gasteiger partial charge >= 0.3 is 0 Å². The molecule has 2 N–H and O–H groups in total. The number of amides is 1. The molecule has 0 aliphatic rings. The number of nitrogens with zero attached hydrogens (tertiary/aromatic N) is 2. The first-order valence-electron chi connectivity index (χ1n) is 6.54. The van der Waals surface area contributed by atoms with E-state index in [1.807, 2.05) is 41.6 Å². The summed E-state index contributed by atoms with van der Waals surface area (Å²) in [5.74, 6) is 0.0237. The molecule has 108 valence electrons. The molecule has 0 aliphatic carbocycles. The minimum absolute atomic E-state index is 0.0237. The fourth-order valence-corrected chi connectivity index (χ4v) is 3.59. The van der Waals surface area contributed by atoms with Crippen molar-refractivity contribution in [2.45, 2.75) is 26.9 Å². The van der Waals surface area contributed by atoms with E-state index in [1.54, 1.807) is 17.4 Å². The number of hydrogen-bond acceptors (Lipinski definition) is 3. The van der Waals surface area contributed by atoms with Crippen molar-refractivity contribution in [1.82, 2.24) is 9.47 Å². The van der Waals surface area contributed by atoms with Crippen LogP contribution in [0.4, 0.5) is 5.69 Å². The highest BCUT2D eigenvalue weighted by atomic mass is 79.9. The Morgan fingerprint density at radius 2 is 2.20 bits per heavy atom.